The van der Waals surface area contributed by atoms with Gasteiger partial charge in [-0.2, -0.15) is 13.2 Å². The Kier molecular flexibility index (Phi) is 6.30. The van der Waals surface area contributed by atoms with Crippen LogP contribution in [-0.2, 0) is 0 Å². The highest BCUT2D eigenvalue weighted by atomic mass is 19.4. The molecule has 2 unspecified atom stereocenters. The third-order valence-corrected chi connectivity index (χ3v) is 4.07. The summed E-state index contributed by atoms with van der Waals surface area (Å²) in [7, 11) is 0. The van der Waals surface area contributed by atoms with E-state index in [1.165, 1.54) is 0 Å². The van der Waals surface area contributed by atoms with Crippen LogP contribution in [0.1, 0.15) is 24.9 Å². The zero-order chi connectivity index (χ0) is 19.3. The van der Waals surface area contributed by atoms with Crippen molar-refractivity contribution in [1.29, 1.82) is 0 Å². The van der Waals surface area contributed by atoms with Gasteiger partial charge in [0.2, 0.25) is 0 Å². The summed E-state index contributed by atoms with van der Waals surface area (Å²) in [5.74, 6) is 0. The number of rotatable bonds is 5. The Balaban J connectivity index is 1.96. The monoisotopic (exact) mass is 373 g/mol. The lowest BCUT2D eigenvalue weighted by atomic mass is 10.1. The molecule has 1 aromatic rings. The lowest BCUT2D eigenvalue weighted by Gasteiger charge is -2.28. The zero-order valence-electron chi connectivity index (χ0n) is 14.3. The number of nitrogens with two attached hydrogens (primary N) is 1. The van der Waals surface area contributed by atoms with Crippen LogP contribution >= 0.6 is 0 Å². The average molecular weight is 373 g/mol. The quantitative estimate of drug-likeness (QED) is 0.634. The average Bonchev–Trinajstić information content (AvgIpc) is 2.59. The van der Waals surface area contributed by atoms with Gasteiger partial charge in [-0.15, -0.1) is 0 Å². The number of benzene rings is 1. The number of nitrogens with one attached hydrogen (secondary N) is 3. The fourth-order valence-corrected chi connectivity index (χ4v) is 2.57. The van der Waals surface area contributed by atoms with Crippen molar-refractivity contribution in [3.05, 3.63) is 29.8 Å². The second-order valence-corrected chi connectivity index (χ2v) is 6.00. The number of hydrogen-bond donors (Lipinski definition) is 4. The molecule has 0 radical (unpaired) electrons. The number of halogens is 3. The summed E-state index contributed by atoms with van der Waals surface area (Å²) in [6.07, 6.45) is -3.76. The molecule has 0 aliphatic carbocycles. The number of carbonyl (C=O) groups excluding carboxylic acids is 2. The molecule has 1 fully saturated rings. The largest absolute Gasteiger partial charge is 0.409 e. The third kappa shape index (κ3) is 5.01. The lowest BCUT2D eigenvalue weighted by molar-refractivity contribution is -0.150. The number of alkyl halides is 3. The summed E-state index contributed by atoms with van der Waals surface area (Å²) >= 11 is 0. The van der Waals surface area contributed by atoms with Crippen LogP contribution in [0.25, 0.3) is 0 Å². The highest BCUT2D eigenvalue weighted by Gasteiger charge is 2.39. The molecule has 2 atom stereocenters. The van der Waals surface area contributed by atoms with Gasteiger partial charge in [-0.1, -0.05) is 12.1 Å². The van der Waals surface area contributed by atoms with E-state index in [1.54, 1.807) is 36.1 Å². The van der Waals surface area contributed by atoms with Gasteiger partial charge in [0.15, 0.2) is 0 Å². The number of anilines is 1. The zero-order valence-corrected chi connectivity index (χ0v) is 14.3. The minimum Gasteiger partial charge on any atom is -0.338 e. The van der Waals surface area contributed by atoms with E-state index in [1.807, 2.05) is 5.32 Å². The van der Waals surface area contributed by atoms with Gasteiger partial charge >= 0.3 is 18.2 Å². The molecule has 10 heteroatoms. The maximum Gasteiger partial charge on any atom is 0.409 e. The van der Waals surface area contributed by atoms with Gasteiger partial charge in [0, 0.05) is 25.3 Å². The third-order valence-electron chi connectivity index (χ3n) is 4.07. The first-order valence-corrected chi connectivity index (χ1v) is 8.21. The van der Waals surface area contributed by atoms with Gasteiger partial charge in [0.05, 0.1) is 6.04 Å². The molecule has 1 heterocycles. The van der Waals surface area contributed by atoms with Crippen LogP contribution in [0.5, 0.6) is 0 Å². The minimum absolute atomic E-state index is 0.172. The summed E-state index contributed by atoms with van der Waals surface area (Å²) in [6, 6.07) is 3.14. The van der Waals surface area contributed by atoms with Crippen molar-refractivity contribution in [3.8, 4) is 0 Å². The van der Waals surface area contributed by atoms with Gasteiger partial charge in [0.1, 0.15) is 6.04 Å². The van der Waals surface area contributed by atoms with Crippen molar-refractivity contribution in [2.75, 3.05) is 24.5 Å². The topological polar surface area (TPSA) is 99.5 Å². The fourth-order valence-electron chi connectivity index (χ4n) is 2.57. The number of urea groups is 2. The van der Waals surface area contributed by atoms with E-state index in [9.17, 15) is 22.8 Å². The number of carbonyl (C=O) groups is 2. The molecule has 0 bridgehead atoms. The first-order valence-electron chi connectivity index (χ1n) is 8.21. The summed E-state index contributed by atoms with van der Waals surface area (Å²) in [6.45, 7) is 2.16. The van der Waals surface area contributed by atoms with E-state index in [2.05, 4.69) is 10.6 Å². The van der Waals surface area contributed by atoms with Crippen LogP contribution in [0, 0.1) is 0 Å². The standard InChI is InChI=1S/C16H22F3N5O2/c1-10(22-14(25)23-13(9-20)16(17,18)19)11-3-5-12(6-4-11)24-8-2-7-21-15(24)26/h3-6,10,13H,2,7-9,20H2,1H3,(H,21,26)(H2,22,23,25). The Hall–Kier alpha value is -2.49. The van der Waals surface area contributed by atoms with Crippen LogP contribution in [0.4, 0.5) is 28.4 Å². The Bertz CT molecular complexity index is 636. The van der Waals surface area contributed by atoms with E-state index < -0.39 is 30.8 Å². The molecule has 1 aliphatic rings. The maximum atomic E-state index is 12.6. The van der Waals surface area contributed by atoms with E-state index in [0.717, 1.165) is 6.42 Å². The Morgan fingerprint density at radius 2 is 1.96 bits per heavy atom. The van der Waals surface area contributed by atoms with E-state index in [0.29, 0.717) is 24.3 Å². The van der Waals surface area contributed by atoms with E-state index >= 15 is 0 Å². The van der Waals surface area contributed by atoms with Crippen molar-refractivity contribution in [1.82, 2.24) is 16.0 Å². The van der Waals surface area contributed by atoms with Gasteiger partial charge in [0.25, 0.3) is 0 Å². The lowest BCUT2D eigenvalue weighted by Crippen LogP contribution is -2.53. The molecule has 5 N–H and O–H groups in total. The summed E-state index contributed by atoms with van der Waals surface area (Å²) in [5, 5.41) is 7.01. The molecule has 1 saturated heterocycles. The smallest absolute Gasteiger partial charge is 0.338 e. The summed E-state index contributed by atoms with van der Waals surface area (Å²) < 4.78 is 37.9. The van der Waals surface area contributed by atoms with Crippen molar-refractivity contribution < 1.29 is 22.8 Å². The van der Waals surface area contributed by atoms with Crippen LogP contribution in [0.3, 0.4) is 0 Å². The number of hydrogen-bond acceptors (Lipinski definition) is 3. The maximum absolute atomic E-state index is 12.6. The minimum atomic E-state index is -4.61. The molecule has 4 amide bonds. The van der Waals surface area contributed by atoms with Crippen molar-refractivity contribution in [3.63, 3.8) is 0 Å². The molecule has 0 aromatic heterocycles. The Morgan fingerprint density at radius 3 is 2.50 bits per heavy atom. The number of nitrogens with zero attached hydrogens (tertiary/aromatic N) is 1. The molecule has 26 heavy (non-hydrogen) atoms. The Morgan fingerprint density at radius 1 is 1.31 bits per heavy atom. The summed E-state index contributed by atoms with van der Waals surface area (Å²) in [5.41, 5.74) is 6.45. The summed E-state index contributed by atoms with van der Waals surface area (Å²) in [4.78, 5) is 25.2. The van der Waals surface area contributed by atoms with Gasteiger partial charge in [-0.25, -0.2) is 9.59 Å². The van der Waals surface area contributed by atoms with Crippen LogP contribution in [-0.4, -0.2) is 43.9 Å². The molecule has 2 rings (SSSR count). The molecule has 144 valence electrons. The Labute approximate surface area is 149 Å². The van der Waals surface area contributed by atoms with Crippen molar-refractivity contribution in [2.24, 2.45) is 5.73 Å². The van der Waals surface area contributed by atoms with Gasteiger partial charge in [-0.3, -0.25) is 4.90 Å². The highest BCUT2D eigenvalue weighted by Crippen LogP contribution is 2.21. The molecule has 1 aromatic carbocycles. The molecule has 0 spiro atoms. The molecule has 7 nitrogen and oxygen atoms in total. The van der Waals surface area contributed by atoms with Crippen LogP contribution in [0.2, 0.25) is 0 Å². The van der Waals surface area contributed by atoms with E-state index in [4.69, 9.17) is 5.73 Å². The van der Waals surface area contributed by atoms with Crippen LogP contribution in [0.15, 0.2) is 24.3 Å². The second kappa shape index (κ2) is 8.26. The predicted octanol–water partition coefficient (Wildman–Crippen LogP) is 1.86. The van der Waals surface area contributed by atoms with E-state index in [-0.39, 0.29) is 6.03 Å². The highest BCUT2D eigenvalue weighted by molar-refractivity contribution is 5.92. The predicted molar refractivity (Wildman–Crippen MR) is 90.8 cm³/mol. The fraction of sp³-hybridized carbons (Fsp3) is 0.500. The molecule has 0 saturated carbocycles. The molecule has 1 aliphatic heterocycles. The normalized spacial score (nSPS) is 17.3. The SMILES string of the molecule is CC(NC(=O)NC(CN)C(F)(F)F)c1ccc(N2CCCNC2=O)cc1. The van der Waals surface area contributed by atoms with Crippen LogP contribution < -0.4 is 26.6 Å². The van der Waals surface area contributed by atoms with Gasteiger partial charge in [-0.05, 0) is 31.0 Å². The molecular formula is C16H22F3N5O2. The first kappa shape index (κ1) is 19.8. The number of amides is 4. The van der Waals surface area contributed by atoms with Gasteiger partial charge < -0.3 is 21.7 Å². The molecular weight excluding hydrogens is 351 g/mol. The van der Waals surface area contributed by atoms with Crippen molar-refractivity contribution >= 4 is 17.7 Å². The first-order chi connectivity index (χ1) is 12.2. The second-order valence-electron chi connectivity index (χ2n) is 6.00. The van der Waals surface area contributed by atoms with Crippen molar-refractivity contribution in [2.45, 2.75) is 31.6 Å².